The van der Waals surface area contributed by atoms with Gasteiger partial charge in [-0.1, -0.05) is 0 Å². The highest BCUT2D eigenvalue weighted by atomic mass is 32.1. The molecule has 0 saturated carbocycles. The van der Waals surface area contributed by atoms with Crippen LogP contribution in [0.4, 0.5) is 20.4 Å². The van der Waals surface area contributed by atoms with Crippen LogP contribution in [0.15, 0.2) is 22.9 Å². The largest absolute Gasteiger partial charge is 0.387 e. The summed E-state index contributed by atoms with van der Waals surface area (Å²) >= 11 is 1.45. The zero-order valence-electron chi connectivity index (χ0n) is 9.23. The summed E-state index contributed by atoms with van der Waals surface area (Å²) in [4.78, 5) is 3.53. The van der Waals surface area contributed by atoms with Gasteiger partial charge in [0.25, 0.3) is 0 Å². The van der Waals surface area contributed by atoms with Crippen molar-refractivity contribution >= 4 is 23.0 Å². The topological polar surface area (TPSA) is 71.2 Å². The molecule has 4 N–H and O–H groups in total. The second kappa shape index (κ2) is 5.28. The molecule has 0 spiro atoms. The molecular formula is C11H11F2N3OS. The first-order valence-corrected chi connectivity index (χ1v) is 6.07. The summed E-state index contributed by atoms with van der Waals surface area (Å²) < 4.78 is 26.2. The minimum atomic E-state index is -0.906. The van der Waals surface area contributed by atoms with Gasteiger partial charge in [0.2, 0.25) is 0 Å². The zero-order chi connectivity index (χ0) is 13.1. The van der Waals surface area contributed by atoms with E-state index in [9.17, 15) is 13.9 Å². The summed E-state index contributed by atoms with van der Waals surface area (Å²) in [6.07, 6.45) is -0.788. The second-order valence-electron chi connectivity index (χ2n) is 3.64. The number of rotatable bonds is 4. The summed E-state index contributed by atoms with van der Waals surface area (Å²) in [5, 5.41) is 16.0. The van der Waals surface area contributed by atoms with Gasteiger partial charge >= 0.3 is 0 Å². The van der Waals surface area contributed by atoms with Gasteiger partial charge in [0, 0.05) is 12.6 Å². The van der Waals surface area contributed by atoms with Crippen molar-refractivity contribution in [1.29, 1.82) is 0 Å². The molecule has 0 fully saturated rings. The molecule has 1 atom stereocenters. The van der Waals surface area contributed by atoms with Gasteiger partial charge < -0.3 is 16.2 Å². The maximum atomic E-state index is 13.3. The van der Waals surface area contributed by atoms with E-state index in [2.05, 4.69) is 10.3 Å². The average molecular weight is 271 g/mol. The number of aromatic nitrogens is 1. The third kappa shape index (κ3) is 2.74. The van der Waals surface area contributed by atoms with E-state index in [1.165, 1.54) is 11.3 Å². The van der Waals surface area contributed by atoms with Crippen molar-refractivity contribution in [1.82, 2.24) is 4.98 Å². The minimum Gasteiger partial charge on any atom is -0.387 e. The molecule has 96 valence electrons. The van der Waals surface area contributed by atoms with Crippen molar-refractivity contribution in [3.63, 3.8) is 0 Å². The molecule has 0 bridgehead atoms. The number of hydrogen-bond acceptors (Lipinski definition) is 5. The van der Waals surface area contributed by atoms with Gasteiger partial charge in [-0.25, -0.2) is 13.8 Å². The van der Waals surface area contributed by atoms with Gasteiger partial charge in [-0.2, -0.15) is 11.3 Å². The smallest absolute Gasteiger partial charge is 0.168 e. The number of pyridine rings is 1. The van der Waals surface area contributed by atoms with Gasteiger partial charge in [-0.3, -0.25) is 0 Å². The monoisotopic (exact) mass is 271 g/mol. The molecule has 0 aromatic carbocycles. The molecule has 2 heterocycles. The molecule has 0 aliphatic carbocycles. The van der Waals surface area contributed by atoms with E-state index in [4.69, 9.17) is 5.73 Å². The Labute approximate surface area is 106 Å². The Morgan fingerprint density at radius 2 is 2.22 bits per heavy atom. The Morgan fingerprint density at radius 1 is 1.44 bits per heavy atom. The number of aliphatic hydroxyl groups excluding tert-OH is 1. The predicted molar refractivity (Wildman–Crippen MR) is 66.3 cm³/mol. The van der Waals surface area contributed by atoms with Crippen LogP contribution < -0.4 is 11.1 Å². The predicted octanol–water partition coefficient (Wildman–Crippen LogP) is 2.15. The van der Waals surface area contributed by atoms with Crippen LogP contribution >= 0.6 is 11.3 Å². The lowest BCUT2D eigenvalue weighted by atomic mass is 10.2. The molecule has 0 aliphatic rings. The molecule has 0 aliphatic heterocycles. The Bertz CT molecular complexity index is 533. The van der Waals surface area contributed by atoms with E-state index in [0.29, 0.717) is 6.07 Å². The number of hydrogen-bond donors (Lipinski definition) is 3. The normalized spacial score (nSPS) is 12.4. The van der Waals surface area contributed by atoms with Gasteiger partial charge in [0.05, 0.1) is 6.10 Å². The number of aliphatic hydroxyl groups is 1. The fraction of sp³-hybridized carbons (Fsp3) is 0.182. The van der Waals surface area contributed by atoms with E-state index in [1.54, 1.807) is 11.4 Å². The molecule has 2 rings (SSSR count). The first kappa shape index (κ1) is 12.7. The fourth-order valence-corrected chi connectivity index (χ4v) is 2.09. The van der Waals surface area contributed by atoms with Gasteiger partial charge in [-0.05, 0) is 22.4 Å². The SMILES string of the molecule is Nc1nc(NCC(O)c2ccsc2)c(F)cc1F. The van der Waals surface area contributed by atoms with Crippen LogP contribution in [0.2, 0.25) is 0 Å². The zero-order valence-corrected chi connectivity index (χ0v) is 10.0. The number of nitrogens with one attached hydrogen (secondary N) is 1. The Morgan fingerprint density at radius 3 is 2.89 bits per heavy atom. The summed E-state index contributed by atoms with van der Waals surface area (Å²) in [6.45, 7) is 0.0612. The van der Waals surface area contributed by atoms with E-state index in [-0.39, 0.29) is 18.2 Å². The number of nitrogen functional groups attached to an aromatic ring is 1. The number of nitrogens with two attached hydrogens (primary N) is 1. The summed E-state index contributed by atoms with van der Waals surface area (Å²) in [7, 11) is 0. The van der Waals surface area contributed by atoms with Gasteiger partial charge in [0.1, 0.15) is 0 Å². The van der Waals surface area contributed by atoms with E-state index < -0.39 is 17.7 Å². The number of anilines is 2. The fourth-order valence-electron chi connectivity index (χ4n) is 1.38. The van der Waals surface area contributed by atoms with E-state index in [0.717, 1.165) is 5.56 Å². The van der Waals surface area contributed by atoms with Crippen molar-refractivity contribution in [2.45, 2.75) is 6.10 Å². The Balaban J connectivity index is 2.04. The molecule has 2 aromatic heterocycles. The molecule has 7 heteroatoms. The maximum Gasteiger partial charge on any atom is 0.168 e. The third-order valence-corrected chi connectivity index (χ3v) is 3.05. The highest BCUT2D eigenvalue weighted by Gasteiger charge is 2.12. The van der Waals surface area contributed by atoms with Crippen molar-refractivity contribution in [2.75, 3.05) is 17.6 Å². The summed E-state index contributed by atoms with van der Waals surface area (Å²) in [5.74, 6) is -2.32. The molecule has 2 aromatic rings. The van der Waals surface area contributed by atoms with Crippen LogP contribution in [-0.2, 0) is 0 Å². The van der Waals surface area contributed by atoms with Crippen molar-refractivity contribution < 1.29 is 13.9 Å². The lowest BCUT2D eigenvalue weighted by Crippen LogP contribution is -2.14. The van der Waals surface area contributed by atoms with Crippen molar-refractivity contribution in [3.8, 4) is 0 Å². The van der Waals surface area contributed by atoms with Gasteiger partial charge in [-0.15, -0.1) is 0 Å². The first-order valence-electron chi connectivity index (χ1n) is 5.13. The molecule has 4 nitrogen and oxygen atoms in total. The highest BCUT2D eigenvalue weighted by Crippen LogP contribution is 2.19. The second-order valence-corrected chi connectivity index (χ2v) is 4.42. The molecular weight excluding hydrogens is 260 g/mol. The Kier molecular flexibility index (Phi) is 3.73. The van der Waals surface area contributed by atoms with Crippen LogP contribution in [-0.4, -0.2) is 16.6 Å². The molecule has 18 heavy (non-hydrogen) atoms. The number of halogens is 2. The van der Waals surface area contributed by atoms with Crippen LogP contribution in [0.1, 0.15) is 11.7 Å². The minimum absolute atomic E-state index is 0.0612. The third-order valence-electron chi connectivity index (χ3n) is 2.35. The van der Waals surface area contributed by atoms with E-state index in [1.807, 2.05) is 5.38 Å². The molecule has 0 amide bonds. The van der Waals surface area contributed by atoms with Crippen LogP contribution in [0.25, 0.3) is 0 Å². The van der Waals surface area contributed by atoms with Crippen LogP contribution in [0.3, 0.4) is 0 Å². The number of thiophene rings is 1. The van der Waals surface area contributed by atoms with Crippen LogP contribution in [0, 0.1) is 11.6 Å². The van der Waals surface area contributed by atoms with Crippen molar-refractivity contribution in [3.05, 3.63) is 40.1 Å². The quantitative estimate of drug-likeness (QED) is 0.796. The first-order chi connectivity index (χ1) is 8.58. The lowest BCUT2D eigenvalue weighted by molar-refractivity contribution is 0.192. The van der Waals surface area contributed by atoms with E-state index >= 15 is 0 Å². The standard InChI is InChI=1S/C11H11F2N3OS/c12-7-3-8(13)11(16-10(7)14)15-4-9(17)6-1-2-18-5-6/h1-3,5,9,17H,4H2,(H3,14,15,16). The molecule has 1 unspecified atom stereocenters. The highest BCUT2D eigenvalue weighted by molar-refractivity contribution is 7.07. The lowest BCUT2D eigenvalue weighted by Gasteiger charge is -2.12. The summed E-state index contributed by atoms with van der Waals surface area (Å²) in [5.41, 5.74) is 5.96. The molecule has 0 radical (unpaired) electrons. The average Bonchev–Trinajstić information content (AvgIpc) is 2.85. The van der Waals surface area contributed by atoms with Crippen LogP contribution in [0.5, 0.6) is 0 Å². The maximum absolute atomic E-state index is 13.3. The van der Waals surface area contributed by atoms with Crippen molar-refractivity contribution in [2.24, 2.45) is 0 Å². The summed E-state index contributed by atoms with van der Waals surface area (Å²) in [6, 6.07) is 2.42. The Hall–Kier alpha value is -1.73. The van der Waals surface area contributed by atoms with Gasteiger partial charge in [0.15, 0.2) is 23.3 Å². The molecule has 0 saturated heterocycles. The number of nitrogens with zero attached hydrogens (tertiary/aromatic N) is 1.